The van der Waals surface area contributed by atoms with Gasteiger partial charge in [-0.25, -0.2) is 4.90 Å². The van der Waals surface area contributed by atoms with Crippen LogP contribution >= 0.6 is 0 Å². The van der Waals surface area contributed by atoms with Crippen molar-refractivity contribution in [1.82, 2.24) is 0 Å². The van der Waals surface area contributed by atoms with E-state index in [1.54, 1.807) is 56.7 Å². The molecule has 1 aliphatic heterocycles. The number of methoxy groups -OCH3 is 3. The highest BCUT2D eigenvalue weighted by molar-refractivity contribution is 6.46. The maximum absolute atomic E-state index is 13.7. The van der Waals surface area contributed by atoms with Crippen molar-refractivity contribution in [2.45, 2.75) is 13.8 Å². The number of rotatable bonds is 7. The second-order valence-corrected chi connectivity index (χ2v) is 7.89. The van der Waals surface area contributed by atoms with Crippen LogP contribution in [0.15, 0.2) is 66.4 Å². The average Bonchev–Trinajstić information content (AvgIpc) is 3.09. The van der Waals surface area contributed by atoms with Crippen molar-refractivity contribution in [2.24, 2.45) is 0 Å². The van der Waals surface area contributed by atoms with Crippen LogP contribution in [0.1, 0.15) is 16.7 Å². The van der Waals surface area contributed by atoms with Crippen LogP contribution in [0.4, 0.5) is 11.4 Å². The Kier molecular flexibility index (Phi) is 6.27. The third-order valence-electron chi connectivity index (χ3n) is 5.83. The van der Waals surface area contributed by atoms with Crippen LogP contribution in [0.3, 0.4) is 0 Å². The minimum Gasteiger partial charge on any atom is -0.497 e. The quantitative estimate of drug-likeness (QED) is 0.516. The highest BCUT2D eigenvalue weighted by Crippen LogP contribution is 2.38. The zero-order valence-electron chi connectivity index (χ0n) is 19.8. The number of anilines is 2. The second-order valence-electron chi connectivity index (χ2n) is 7.89. The first-order valence-corrected chi connectivity index (χ1v) is 10.7. The normalized spacial score (nSPS) is 13.4. The molecule has 0 fully saturated rings. The van der Waals surface area contributed by atoms with Gasteiger partial charge in [0.25, 0.3) is 11.8 Å². The molecule has 3 aromatic rings. The number of nitrogens with zero attached hydrogens (tertiary/aromatic N) is 1. The van der Waals surface area contributed by atoms with Gasteiger partial charge in [-0.2, -0.15) is 0 Å². The van der Waals surface area contributed by atoms with E-state index in [0.717, 1.165) is 11.1 Å². The molecule has 1 aliphatic rings. The van der Waals surface area contributed by atoms with E-state index in [-0.39, 0.29) is 11.3 Å². The van der Waals surface area contributed by atoms with Gasteiger partial charge in [0.1, 0.15) is 22.9 Å². The number of carbonyl (C=O) groups is 2. The number of para-hydroxylation sites is 1. The molecule has 4 rings (SSSR count). The van der Waals surface area contributed by atoms with Crippen LogP contribution in [0.2, 0.25) is 0 Å². The van der Waals surface area contributed by atoms with E-state index in [9.17, 15) is 9.59 Å². The van der Waals surface area contributed by atoms with Gasteiger partial charge in [-0.15, -0.1) is 0 Å². The third-order valence-corrected chi connectivity index (χ3v) is 5.83. The predicted molar refractivity (Wildman–Crippen MR) is 131 cm³/mol. The maximum atomic E-state index is 13.7. The molecule has 1 heterocycles. The van der Waals surface area contributed by atoms with E-state index in [2.05, 4.69) is 5.32 Å². The van der Waals surface area contributed by atoms with Crippen LogP contribution in [0.5, 0.6) is 17.2 Å². The van der Waals surface area contributed by atoms with E-state index in [1.165, 1.54) is 12.0 Å². The molecule has 0 spiro atoms. The van der Waals surface area contributed by atoms with Crippen LogP contribution in [-0.4, -0.2) is 33.1 Å². The van der Waals surface area contributed by atoms with Crippen molar-refractivity contribution in [3.63, 3.8) is 0 Å². The molecular weight excluding hydrogens is 432 g/mol. The Morgan fingerprint density at radius 1 is 0.735 bits per heavy atom. The molecule has 0 unspecified atom stereocenters. The predicted octanol–water partition coefficient (Wildman–Crippen LogP) is 4.73. The maximum Gasteiger partial charge on any atom is 0.282 e. The standard InChI is InChI=1S/C27H26N2O5/c1-16-10-11-19(12-17(16)2)29-26(30)24(22-8-6-7-9-23(22)34-5)25(27(29)31)28-18-13-20(32-3)15-21(14-18)33-4/h6-15,28H,1-5H3. The highest BCUT2D eigenvalue weighted by atomic mass is 16.5. The van der Waals surface area contributed by atoms with Crippen molar-refractivity contribution >= 4 is 28.8 Å². The van der Waals surface area contributed by atoms with Gasteiger partial charge in [0.2, 0.25) is 0 Å². The lowest BCUT2D eigenvalue weighted by molar-refractivity contribution is -0.120. The van der Waals surface area contributed by atoms with Gasteiger partial charge >= 0.3 is 0 Å². The number of benzene rings is 3. The minimum atomic E-state index is -0.462. The zero-order valence-corrected chi connectivity index (χ0v) is 19.8. The van der Waals surface area contributed by atoms with Crippen molar-refractivity contribution in [3.05, 3.63) is 83.1 Å². The molecule has 2 amide bonds. The number of hydrogen-bond acceptors (Lipinski definition) is 6. The fourth-order valence-electron chi connectivity index (χ4n) is 3.87. The summed E-state index contributed by atoms with van der Waals surface area (Å²) in [5.41, 5.74) is 3.99. The van der Waals surface area contributed by atoms with E-state index in [0.29, 0.717) is 34.2 Å². The molecular formula is C27H26N2O5. The third kappa shape index (κ3) is 4.08. The molecule has 3 aromatic carbocycles. The first kappa shape index (κ1) is 22.9. The van der Waals surface area contributed by atoms with Crippen molar-refractivity contribution < 1.29 is 23.8 Å². The van der Waals surface area contributed by atoms with E-state index >= 15 is 0 Å². The SMILES string of the molecule is COc1cc(NC2=C(c3ccccc3OC)C(=O)N(c3ccc(C)c(C)c3)C2=O)cc(OC)c1. The van der Waals surface area contributed by atoms with Crippen LogP contribution < -0.4 is 24.4 Å². The Morgan fingerprint density at radius 2 is 1.41 bits per heavy atom. The van der Waals surface area contributed by atoms with Crippen LogP contribution in [-0.2, 0) is 9.59 Å². The van der Waals surface area contributed by atoms with Gasteiger partial charge in [-0.05, 0) is 43.2 Å². The van der Waals surface area contributed by atoms with Crippen LogP contribution in [0.25, 0.3) is 5.57 Å². The molecule has 0 atom stereocenters. The minimum absolute atomic E-state index is 0.142. The van der Waals surface area contributed by atoms with Crippen molar-refractivity contribution in [1.29, 1.82) is 0 Å². The Hall–Kier alpha value is -4.26. The van der Waals surface area contributed by atoms with E-state index < -0.39 is 11.8 Å². The lowest BCUT2D eigenvalue weighted by atomic mass is 10.0. The number of aryl methyl sites for hydroxylation is 2. The molecule has 0 saturated heterocycles. The summed E-state index contributed by atoms with van der Waals surface area (Å²) >= 11 is 0. The molecule has 0 bridgehead atoms. The number of ether oxygens (including phenoxy) is 3. The van der Waals surface area contributed by atoms with Crippen LogP contribution in [0, 0.1) is 13.8 Å². The molecule has 7 heteroatoms. The van der Waals surface area contributed by atoms with Gasteiger partial charge < -0.3 is 19.5 Å². The molecule has 0 saturated carbocycles. The number of carbonyl (C=O) groups excluding carboxylic acids is 2. The molecule has 34 heavy (non-hydrogen) atoms. The van der Waals surface area contributed by atoms with Gasteiger partial charge in [-0.3, -0.25) is 9.59 Å². The summed E-state index contributed by atoms with van der Waals surface area (Å²) in [6, 6.07) is 17.8. The first-order valence-electron chi connectivity index (χ1n) is 10.7. The molecule has 0 radical (unpaired) electrons. The summed E-state index contributed by atoms with van der Waals surface area (Å²) in [4.78, 5) is 28.6. The Bertz CT molecular complexity index is 1290. The van der Waals surface area contributed by atoms with E-state index in [1.807, 2.05) is 32.0 Å². The number of imide groups is 1. The Labute approximate surface area is 198 Å². The summed E-state index contributed by atoms with van der Waals surface area (Å²) in [6.45, 7) is 3.93. The molecule has 7 nitrogen and oxygen atoms in total. The molecule has 0 aliphatic carbocycles. The average molecular weight is 459 g/mol. The Balaban J connectivity index is 1.88. The van der Waals surface area contributed by atoms with Crippen molar-refractivity contribution in [2.75, 3.05) is 31.5 Å². The Morgan fingerprint density at radius 3 is 2.03 bits per heavy atom. The summed E-state index contributed by atoms with van der Waals surface area (Å²) in [6.07, 6.45) is 0. The van der Waals surface area contributed by atoms with Gasteiger partial charge in [0.05, 0.1) is 32.6 Å². The summed E-state index contributed by atoms with van der Waals surface area (Å²) in [5, 5.41) is 3.15. The summed E-state index contributed by atoms with van der Waals surface area (Å²) in [7, 11) is 4.62. The smallest absolute Gasteiger partial charge is 0.282 e. The van der Waals surface area contributed by atoms with Crippen molar-refractivity contribution in [3.8, 4) is 17.2 Å². The lowest BCUT2D eigenvalue weighted by Gasteiger charge is -2.17. The van der Waals surface area contributed by atoms with Gasteiger partial charge in [0.15, 0.2) is 0 Å². The molecule has 1 N–H and O–H groups in total. The number of amides is 2. The largest absolute Gasteiger partial charge is 0.497 e. The summed E-state index contributed by atoms with van der Waals surface area (Å²) in [5.74, 6) is 0.683. The van der Waals surface area contributed by atoms with Gasteiger partial charge in [0, 0.05) is 29.4 Å². The topological polar surface area (TPSA) is 77.1 Å². The summed E-state index contributed by atoms with van der Waals surface area (Å²) < 4.78 is 16.2. The number of hydrogen-bond donors (Lipinski definition) is 1. The molecule has 0 aromatic heterocycles. The van der Waals surface area contributed by atoms with Gasteiger partial charge in [-0.1, -0.05) is 24.3 Å². The fourth-order valence-corrected chi connectivity index (χ4v) is 3.87. The second kappa shape index (κ2) is 9.31. The number of nitrogens with one attached hydrogen (secondary N) is 1. The van der Waals surface area contributed by atoms with E-state index in [4.69, 9.17) is 14.2 Å². The monoisotopic (exact) mass is 458 g/mol. The lowest BCUT2D eigenvalue weighted by Crippen LogP contribution is -2.32. The first-order chi connectivity index (χ1) is 16.4. The molecule has 174 valence electrons. The highest BCUT2D eigenvalue weighted by Gasteiger charge is 2.41. The fraction of sp³-hybridized carbons (Fsp3) is 0.185. The zero-order chi connectivity index (χ0) is 24.4.